The minimum Gasteiger partial charge on any atom is -0.343 e. The molecule has 28 heavy (non-hydrogen) atoms. The fourth-order valence-corrected chi connectivity index (χ4v) is 4.98. The largest absolute Gasteiger partial charge is 0.343 e. The normalized spacial score (nSPS) is 20.2. The van der Waals surface area contributed by atoms with Crippen LogP contribution in [0.2, 0.25) is 0 Å². The molecule has 0 radical (unpaired) electrons. The van der Waals surface area contributed by atoms with Gasteiger partial charge in [0.2, 0.25) is 0 Å². The van der Waals surface area contributed by atoms with E-state index in [0.29, 0.717) is 17.7 Å². The molecular weight excluding hydrogens is 348 g/mol. The van der Waals surface area contributed by atoms with Gasteiger partial charge in [-0.05, 0) is 51.5 Å². The lowest BCUT2D eigenvalue weighted by Gasteiger charge is -2.34. The average molecular weight is 387 g/mol. The molecule has 2 aliphatic carbocycles. The minimum atomic E-state index is 0.0437. The molecule has 1 aromatic heterocycles. The first-order chi connectivity index (χ1) is 13.4. The van der Waals surface area contributed by atoms with Gasteiger partial charge in [0.15, 0.2) is 5.69 Å². The van der Waals surface area contributed by atoms with Crippen LogP contribution in [0.3, 0.4) is 0 Å². The maximum Gasteiger partial charge on any atom is 0.274 e. The SMILES string of the molecule is C=C(C)CN(CC)C1CCc2c(c(C(=O)N(C)C)nn2CC2CCCCC2)C1. The Balaban J connectivity index is 1.87. The van der Waals surface area contributed by atoms with E-state index in [4.69, 9.17) is 5.10 Å². The Labute approximate surface area is 170 Å². The van der Waals surface area contributed by atoms with Gasteiger partial charge < -0.3 is 4.90 Å². The van der Waals surface area contributed by atoms with Crippen molar-refractivity contribution in [1.82, 2.24) is 19.6 Å². The smallest absolute Gasteiger partial charge is 0.274 e. The van der Waals surface area contributed by atoms with Crippen LogP contribution in [0.1, 0.15) is 74.1 Å². The van der Waals surface area contributed by atoms with E-state index in [9.17, 15) is 4.79 Å². The van der Waals surface area contributed by atoms with Crippen molar-refractivity contribution in [3.63, 3.8) is 0 Å². The van der Waals surface area contributed by atoms with Crippen LogP contribution in [-0.4, -0.2) is 58.7 Å². The summed E-state index contributed by atoms with van der Waals surface area (Å²) in [6, 6.07) is 0.468. The molecule has 5 nitrogen and oxygen atoms in total. The van der Waals surface area contributed by atoms with Gasteiger partial charge in [-0.15, -0.1) is 0 Å². The highest BCUT2D eigenvalue weighted by Gasteiger charge is 2.32. The summed E-state index contributed by atoms with van der Waals surface area (Å²) < 4.78 is 2.20. The molecule has 0 aromatic carbocycles. The Bertz CT molecular complexity index is 700. The average Bonchev–Trinajstić information content (AvgIpc) is 3.03. The van der Waals surface area contributed by atoms with Crippen LogP contribution in [0.25, 0.3) is 0 Å². The molecule has 1 fully saturated rings. The second kappa shape index (κ2) is 9.25. The van der Waals surface area contributed by atoms with Crippen LogP contribution >= 0.6 is 0 Å². The third kappa shape index (κ3) is 4.68. The van der Waals surface area contributed by atoms with Crippen LogP contribution in [-0.2, 0) is 19.4 Å². The maximum absolute atomic E-state index is 12.9. The number of nitrogens with zero attached hydrogens (tertiary/aromatic N) is 4. The standard InChI is InChI=1S/C23H38N4O/c1-6-26(15-17(2)3)19-12-13-21-20(14-19)22(23(28)25(4)5)24-27(21)16-18-10-8-7-9-11-18/h18-19H,2,6-16H2,1,3-5H3. The van der Waals surface area contributed by atoms with Crippen molar-refractivity contribution in [3.8, 4) is 0 Å². The first-order valence-corrected chi connectivity index (χ1v) is 11.1. The number of hydrogen-bond donors (Lipinski definition) is 0. The van der Waals surface area contributed by atoms with Gasteiger partial charge in [-0.2, -0.15) is 5.10 Å². The molecule has 0 spiro atoms. The van der Waals surface area contributed by atoms with Gasteiger partial charge in [-0.1, -0.05) is 38.3 Å². The lowest BCUT2D eigenvalue weighted by molar-refractivity contribution is 0.0819. The van der Waals surface area contributed by atoms with Crippen LogP contribution in [0.15, 0.2) is 12.2 Å². The van der Waals surface area contributed by atoms with Crippen molar-refractivity contribution in [2.45, 2.75) is 77.8 Å². The Morgan fingerprint density at radius 1 is 1.21 bits per heavy atom. The third-order valence-electron chi connectivity index (χ3n) is 6.48. The van der Waals surface area contributed by atoms with Crippen molar-refractivity contribution in [1.29, 1.82) is 0 Å². The van der Waals surface area contributed by atoms with E-state index in [1.54, 1.807) is 4.90 Å². The lowest BCUT2D eigenvalue weighted by Crippen LogP contribution is -2.40. The second-order valence-electron chi connectivity index (χ2n) is 9.08. The van der Waals surface area contributed by atoms with Gasteiger partial charge in [0.05, 0.1) is 0 Å². The Hall–Kier alpha value is -1.62. The van der Waals surface area contributed by atoms with Crippen molar-refractivity contribution >= 4 is 5.91 Å². The van der Waals surface area contributed by atoms with Crippen LogP contribution < -0.4 is 0 Å². The number of likely N-dealkylation sites (N-methyl/N-ethyl adjacent to an activating group) is 1. The summed E-state index contributed by atoms with van der Waals surface area (Å²) in [5, 5.41) is 4.88. The molecular formula is C23H38N4O. The zero-order chi connectivity index (χ0) is 20.3. The van der Waals surface area contributed by atoms with Crippen molar-refractivity contribution in [3.05, 3.63) is 29.1 Å². The molecule has 3 rings (SSSR count). The van der Waals surface area contributed by atoms with Gasteiger partial charge in [0.25, 0.3) is 5.91 Å². The fourth-order valence-electron chi connectivity index (χ4n) is 4.98. The van der Waals surface area contributed by atoms with Crippen molar-refractivity contribution in [2.24, 2.45) is 5.92 Å². The Kier molecular flexibility index (Phi) is 6.97. The Morgan fingerprint density at radius 2 is 1.93 bits per heavy atom. The minimum absolute atomic E-state index is 0.0437. The highest BCUT2D eigenvalue weighted by atomic mass is 16.2. The quantitative estimate of drug-likeness (QED) is 0.667. The molecule has 2 aliphatic rings. The predicted octanol–water partition coefficient (Wildman–Crippen LogP) is 3.92. The molecule has 0 saturated heterocycles. The molecule has 0 bridgehead atoms. The molecule has 0 N–H and O–H groups in total. The molecule has 1 atom stereocenters. The topological polar surface area (TPSA) is 41.4 Å². The van der Waals surface area contributed by atoms with Gasteiger partial charge in [0, 0.05) is 44.5 Å². The van der Waals surface area contributed by atoms with Crippen molar-refractivity contribution in [2.75, 3.05) is 27.2 Å². The summed E-state index contributed by atoms with van der Waals surface area (Å²) >= 11 is 0. The molecule has 1 saturated carbocycles. The van der Waals surface area contributed by atoms with Gasteiger partial charge >= 0.3 is 0 Å². The lowest BCUT2D eigenvalue weighted by atomic mass is 9.88. The second-order valence-corrected chi connectivity index (χ2v) is 9.08. The highest BCUT2D eigenvalue weighted by Crippen LogP contribution is 2.31. The summed E-state index contributed by atoms with van der Waals surface area (Å²) in [6.07, 6.45) is 9.74. The van der Waals surface area contributed by atoms with E-state index in [0.717, 1.165) is 38.9 Å². The van der Waals surface area contributed by atoms with E-state index in [-0.39, 0.29) is 5.91 Å². The molecule has 156 valence electrons. The van der Waals surface area contributed by atoms with E-state index >= 15 is 0 Å². The van der Waals surface area contributed by atoms with Crippen LogP contribution in [0.5, 0.6) is 0 Å². The zero-order valence-electron chi connectivity index (χ0n) is 18.3. The number of hydrogen-bond acceptors (Lipinski definition) is 3. The number of carbonyl (C=O) groups is 1. The van der Waals surface area contributed by atoms with E-state index in [1.165, 1.54) is 48.9 Å². The Morgan fingerprint density at radius 3 is 2.54 bits per heavy atom. The molecule has 1 heterocycles. The predicted molar refractivity (Wildman–Crippen MR) is 115 cm³/mol. The molecule has 1 unspecified atom stereocenters. The fraction of sp³-hybridized carbons (Fsp3) is 0.739. The number of aromatic nitrogens is 2. The molecule has 5 heteroatoms. The first kappa shape index (κ1) is 21.1. The summed E-state index contributed by atoms with van der Waals surface area (Å²) in [4.78, 5) is 17.0. The van der Waals surface area contributed by atoms with Crippen LogP contribution in [0.4, 0.5) is 0 Å². The summed E-state index contributed by atoms with van der Waals surface area (Å²) in [5.41, 5.74) is 4.40. The van der Waals surface area contributed by atoms with Crippen LogP contribution in [0, 0.1) is 5.92 Å². The van der Waals surface area contributed by atoms with E-state index in [2.05, 4.69) is 30.0 Å². The van der Waals surface area contributed by atoms with Gasteiger partial charge in [-0.25, -0.2) is 0 Å². The summed E-state index contributed by atoms with van der Waals surface area (Å²) in [7, 11) is 3.66. The monoisotopic (exact) mass is 386 g/mol. The number of carbonyl (C=O) groups excluding carboxylic acids is 1. The van der Waals surface area contributed by atoms with E-state index < -0.39 is 0 Å². The number of fused-ring (bicyclic) bond motifs is 1. The van der Waals surface area contributed by atoms with Gasteiger partial charge in [-0.3, -0.25) is 14.4 Å². The maximum atomic E-state index is 12.9. The number of rotatable bonds is 7. The molecule has 1 amide bonds. The first-order valence-electron chi connectivity index (χ1n) is 11.1. The highest BCUT2D eigenvalue weighted by molar-refractivity contribution is 5.93. The molecule has 0 aliphatic heterocycles. The summed E-state index contributed by atoms with van der Waals surface area (Å²) in [5.74, 6) is 0.760. The summed E-state index contributed by atoms with van der Waals surface area (Å²) in [6.45, 7) is 11.3. The zero-order valence-corrected chi connectivity index (χ0v) is 18.3. The number of amides is 1. The van der Waals surface area contributed by atoms with Crippen molar-refractivity contribution < 1.29 is 4.79 Å². The third-order valence-corrected chi connectivity index (χ3v) is 6.48. The molecule has 1 aromatic rings. The van der Waals surface area contributed by atoms with E-state index in [1.807, 2.05) is 14.1 Å². The van der Waals surface area contributed by atoms with Gasteiger partial charge in [0.1, 0.15) is 0 Å².